The Morgan fingerprint density at radius 2 is 1.38 bits per heavy atom. The van der Waals surface area contributed by atoms with Crippen molar-refractivity contribution in [1.82, 2.24) is 0 Å². The van der Waals surface area contributed by atoms with Crippen LogP contribution in [0.4, 0.5) is 0 Å². The van der Waals surface area contributed by atoms with Crippen LogP contribution < -0.4 is 0 Å². The molecule has 0 atom stereocenters. The van der Waals surface area contributed by atoms with Crippen LogP contribution in [0, 0.1) is 0 Å². The summed E-state index contributed by atoms with van der Waals surface area (Å²) in [4.78, 5) is 0. The largest absolute Gasteiger partial charge is 0.371 e. The maximum atomic E-state index is 5.14. The van der Waals surface area contributed by atoms with E-state index in [2.05, 4.69) is 19.6 Å². The van der Waals surface area contributed by atoms with E-state index in [1.807, 2.05) is 0 Å². The van der Waals surface area contributed by atoms with Crippen LogP contribution in [0.25, 0.3) is 0 Å². The maximum Gasteiger partial charge on any atom is 0.0892 e. The molecule has 0 aromatic carbocycles. The Labute approximate surface area is 88.7 Å². The number of hydrogen-bond acceptors (Lipinski definition) is 2. The number of unbranched alkanes of at least 4 members (excludes halogenated alkanes) is 7. The van der Waals surface area contributed by atoms with Gasteiger partial charge in [-0.25, -0.2) is 0 Å². The van der Waals surface area contributed by atoms with Crippen LogP contribution in [0.3, 0.4) is 0 Å². The van der Waals surface area contributed by atoms with Crippen molar-refractivity contribution in [2.45, 2.75) is 58.3 Å². The molecule has 0 N–H and O–H groups in total. The fraction of sp³-hybridized carbons (Fsp3) is 1.00. The van der Waals surface area contributed by atoms with Gasteiger partial charge in [-0.2, -0.15) is 12.6 Å². The van der Waals surface area contributed by atoms with E-state index in [1.54, 1.807) is 0 Å². The predicted octanol–water partition coefficient (Wildman–Crippen LogP) is 4.03. The summed E-state index contributed by atoms with van der Waals surface area (Å²) >= 11 is 3.98. The molecule has 0 saturated carbocycles. The molecule has 0 heterocycles. The van der Waals surface area contributed by atoms with Gasteiger partial charge < -0.3 is 4.74 Å². The number of hydrogen-bond donors (Lipinski definition) is 1. The van der Waals surface area contributed by atoms with Gasteiger partial charge >= 0.3 is 0 Å². The van der Waals surface area contributed by atoms with E-state index in [0.717, 1.165) is 6.61 Å². The maximum absolute atomic E-state index is 5.14. The summed E-state index contributed by atoms with van der Waals surface area (Å²) < 4.78 is 5.14. The molecule has 80 valence electrons. The summed E-state index contributed by atoms with van der Waals surface area (Å²) in [5.41, 5.74) is 0. The lowest BCUT2D eigenvalue weighted by molar-refractivity contribution is 0.178. The minimum Gasteiger partial charge on any atom is -0.371 e. The molecule has 0 saturated heterocycles. The first-order valence-corrected chi connectivity index (χ1v) is 6.23. The zero-order chi connectivity index (χ0) is 9.78. The molecular weight excluding hydrogens is 180 g/mol. The summed E-state index contributed by atoms with van der Waals surface area (Å²) in [5, 5.41) is 0. The van der Waals surface area contributed by atoms with Gasteiger partial charge in [-0.05, 0) is 6.42 Å². The van der Waals surface area contributed by atoms with Crippen molar-refractivity contribution < 1.29 is 4.74 Å². The molecule has 0 unspecified atom stereocenters. The molecule has 0 rings (SSSR count). The first-order valence-electron chi connectivity index (χ1n) is 5.60. The van der Waals surface area contributed by atoms with Crippen molar-refractivity contribution in [2.75, 3.05) is 12.5 Å². The third kappa shape index (κ3) is 12.3. The van der Waals surface area contributed by atoms with Crippen LogP contribution in [0.2, 0.25) is 0 Å². The van der Waals surface area contributed by atoms with Gasteiger partial charge in [0.2, 0.25) is 0 Å². The molecule has 2 heteroatoms. The number of rotatable bonds is 10. The highest BCUT2D eigenvalue weighted by Gasteiger charge is 1.90. The highest BCUT2D eigenvalue weighted by Crippen LogP contribution is 2.08. The van der Waals surface area contributed by atoms with Gasteiger partial charge in [0.25, 0.3) is 0 Å². The van der Waals surface area contributed by atoms with Gasteiger partial charge in [0.05, 0.1) is 5.94 Å². The van der Waals surface area contributed by atoms with Crippen LogP contribution in [0.15, 0.2) is 0 Å². The smallest absolute Gasteiger partial charge is 0.0892 e. The second kappa shape index (κ2) is 12.3. The summed E-state index contributed by atoms with van der Waals surface area (Å²) in [6.45, 7) is 3.15. The zero-order valence-electron chi connectivity index (χ0n) is 8.93. The van der Waals surface area contributed by atoms with Crippen molar-refractivity contribution in [2.24, 2.45) is 0 Å². The molecule has 0 spiro atoms. The molecule has 0 fully saturated rings. The average molecular weight is 204 g/mol. The topological polar surface area (TPSA) is 9.23 Å². The lowest BCUT2D eigenvalue weighted by Crippen LogP contribution is -1.91. The Bertz CT molecular complexity index is 76.2. The van der Waals surface area contributed by atoms with E-state index in [0.29, 0.717) is 5.94 Å². The van der Waals surface area contributed by atoms with Crippen molar-refractivity contribution in [3.05, 3.63) is 0 Å². The Hall–Kier alpha value is 0.310. The highest BCUT2D eigenvalue weighted by molar-refractivity contribution is 7.80. The average Bonchev–Trinajstić information content (AvgIpc) is 2.16. The number of thiol groups is 1. The summed E-state index contributed by atoms with van der Waals surface area (Å²) in [5.74, 6) is 0.566. The normalized spacial score (nSPS) is 10.6. The second-order valence-corrected chi connectivity index (χ2v) is 3.77. The van der Waals surface area contributed by atoms with Gasteiger partial charge in [-0.3, -0.25) is 0 Å². The van der Waals surface area contributed by atoms with Gasteiger partial charge in [0, 0.05) is 6.61 Å². The monoisotopic (exact) mass is 204 g/mol. The van der Waals surface area contributed by atoms with Gasteiger partial charge in [-0.15, -0.1) is 0 Å². The molecule has 0 aliphatic rings. The van der Waals surface area contributed by atoms with E-state index >= 15 is 0 Å². The second-order valence-electron chi connectivity index (χ2n) is 3.51. The van der Waals surface area contributed by atoms with Crippen LogP contribution >= 0.6 is 12.6 Å². The summed E-state index contributed by atoms with van der Waals surface area (Å²) in [6.07, 6.45) is 10.9. The van der Waals surface area contributed by atoms with Gasteiger partial charge in [0.15, 0.2) is 0 Å². The Morgan fingerprint density at radius 3 is 1.92 bits per heavy atom. The molecule has 0 bridgehead atoms. The third-order valence-corrected chi connectivity index (χ3v) is 2.42. The van der Waals surface area contributed by atoms with E-state index in [-0.39, 0.29) is 0 Å². The highest BCUT2D eigenvalue weighted by atomic mass is 32.1. The summed E-state index contributed by atoms with van der Waals surface area (Å²) in [7, 11) is 0. The van der Waals surface area contributed by atoms with Crippen LogP contribution in [-0.2, 0) is 4.74 Å². The SMILES string of the molecule is CCCCCCCCCCOCS. The molecule has 13 heavy (non-hydrogen) atoms. The van der Waals surface area contributed by atoms with Crippen LogP contribution in [-0.4, -0.2) is 12.5 Å². The van der Waals surface area contributed by atoms with E-state index in [1.165, 1.54) is 51.4 Å². The lowest BCUT2D eigenvalue weighted by Gasteiger charge is -2.01. The molecule has 0 amide bonds. The van der Waals surface area contributed by atoms with E-state index in [9.17, 15) is 0 Å². The quantitative estimate of drug-likeness (QED) is 0.321. The minimum absolute atomic E-state index is 0.566. The predicted molar refractivity (Wildman–Crippen MR) is 62.4 cm³/mol. The van der Waals surface area contributed by atoms with Crippen molar-refractivity contribution in [1.29, 1.82) is 0 Å². The van der Waals surface area contributed by atoms with E-state index in [4.69, 9.17) is 4.74 Å². The van der Waals surface area contributed by atoms with Crippen molar-refractivity contribution in [3.63, 3.8) is 0 Å². The molecule has 0 aliphatic heterocycles. The Kier molecular flexibility index (Phi) is 12.6. The van der Waals surface area contributed by atoms with Gasteiger partial charge in [-0.1, -0.05) is 51.9 Å². The zero-order valence-corrected chi connectivity index (χ0v) is 9.82. The molecule has 0 radical (unpaired) electrons. The minimum atomic E-state index is 0.566. The lowest BCUT2D eigenvalue weighted by atomic mass is 10.1. The first-order chi connectivity index (χ1) is 6.41. The first kappa shape index (κ1) is 13.3. The number of ether oxygens (including phenoxy) is 1. The molecular formula is C11H24OS. The summed E-state index contributed by atoms with van der Waals surface area (Å²) in [6, 6.07) is 0. The van der Waals surface area contributed by atoms with Crippen LogP contribution in [0.5, 0.6) is 0 Å². The molecule has 1 nitrogen and oxygen atoms in total. The standard InChI is InChI=1S/C11H24OS/c1-2-3-4-5-6-7-8-9-10-12-11-13/h13H,2-11H2,1H3. The molecule has 0 aliphatic carbocycles. The van der Waals surface area contributed by atoms with Gasteiger partial charge in [0.1, 0.15) is 0 Å². The van der Waals surface area contributed by atoms with Crippen molar-refractivity contribution in [3.8, 4) is 0 Å². The molecule has 0 aromatic rings. The van der Waals surface area contributed by atoms with Crippen molar-refractivity contribution >= 4 is 12.6 Å². The third-order valence-electron chi connectivity index (χ3n) is 2.23. The van der Waals surface area contributed by atoms with Crippen LogP contribution in [0.1, 0.15) is 58.3 Å². The molecule has 0 aromatic heterocycles. The Balaban J connectivity index is 2.76. The fourth-order valence-electron chi connectivity index (χ4n) is 1.40. The van der Waals surface area contributed by atoms with E-state index < -0.39 is 0 Å². The Morgan fingerprint density at radius 1 is 0.846 bits per heavy atom. The fourth-order valence-corrected chi connectivity index (χ4v) is 1.53.